The lowest BCUT2D eigenvalue weighted by Gasteiger charge is -2.15. The van der Waals surface area contributed by atoms with Crippen molar-refractivity contribution in [3.05, 3.63) is 87.5 Å². The molecule has 0 aliphatic heterocycles. The van der Waals surface area contributed by atoms with E-state index in [0.29, 0.717) is 34.8 Å². The fourth-order valence-electron chi connectivity index (χ4n) is 4.05. The molecule has 2 aromatic carbocycles. The van der Waals surface area contributed by atoms with Crippen molar-refractivity contribution < 1.29 is 9.53 Å². The molecule has 0 N–H and O–H groups in total. The van der Waals surface area contributed by atoms with Gasteiger partial charge in [0, 0.05) is 30.6 Å². The second-order valence-corrected chi connectivity index (χ2v) is 8.92. The minimum atomic E-state index is -0.136. The molecule has 4 aromatic rings. The number of hydrogen-bond donors (Lipinski definition) is 0. The summed E-state index contributed by atoms with van der Waals surface area (Å²) in [6, 6.07) is 16.9. The SMILES string of the molecule is COCCn1c(C)cc(C(=O)CSc2nc3ccccc3c(=O)n2-c2ccccc2C)c1C. The van der Waals surface area contributed by atoms with Gasteiger partial charge >= 0.3 is 0 Å². The van der Waals surface area contributed by atoms with Gasteiger partial charge in [0.2, 0.25) is 0 Å². The van der Waals surface area contributed by atoms with E-state index in [1.807, 2.05) is 69.3 Å². The average Bonchev–Trinajstić information content (AvgIpc) is 3.10. The van der Waals surface area contributed by atoms with Crippen LogP contribution in [0.1, 0.15) is 27.3 Å². The van der Waals surface area contributed by atoms with Crippen LogP contribution in [-0.4, -0.2) is 39.4 Å². The zero-order chi connectivity index (χ0) is 23.5. The van der Waals surface area contributed by atoms with E-state index in [-0.39, 0.29) is 17.1 Å². The van der Waals surface area contributed by atoms with Gasteiger partial charge in [0.25, 0.3) is 5.56 Å². The number of thioether (sulfide) groups is 1. The first kappa shape index (κ1) is 23.0. The van der Waals surface area contributed by atoms with E-state index in [1.54, 1.807) is 17.7 Å². The molecule has 0 saturated carbocycles. The van der Waals surface area contributed by atoms with E-state index in [4.69, 9.17) is 9.72 Å². The number of ketones is 1. The van der Waals surface area contributed by atoms with Gasteiger partial charge < -0.3 is 9.30 Å². The molecular weight excluding hydrogens is 434 g/mol. The lowest BCUT2D eigenvalue weighted by molar-refractivity contribution is 0.102. The summed E-state index contributed by atoms with van der Waals surface area (Å²) in [6.07, 6.45) is 0. The van der Waals surface area contributed by atoms with Crippen LogP contribution in [0, 0.1) is 20.8 Å². The molecule has 2 aromatic heterocycles. The van der Waals surface area contributed by atoms with Crippen molar-refractivity contribution in [2.75, 3.05) is 19.5 Å². The number of Topliss-reactive ketones (excluding diaryl/α,β-unsaturated/α-hetero) is 1. The Hall–Kier alpha value is -3.16. The Balaban J connectivity index is 1.71. The van der Waals surface area contributed by atoms with E-state index >= 15 is 0 Å². The van der Waals surface area contributed by atoms with Crippen molar-refractivity contribution in [1.82, 2.24) is 14.1 Å². The first-order chi connectivity index (χ1) is 15.9. The van der Waals surface area contributed by atoms with Gasteiger partial charge in [-0.25, -0.2) is 4.98 Å². The summed E-state index contributed by atoms with van der Waals surface area (Å²) in [7, 11) is 1.67. The molecule has 2 heterocycles. The number of hydrogen-bond acceptors (Lipinski definition) is 5. The molecular formula is C26H27N3O3S. The van der Waals surface area contributed by atoms with Gasteiger partial charge in [-0.05, 0) is 50.6 Å². The van der Waals surface area contributed by atoms with Crippen LogP contribution in [0.15, 0.2) is 64.5 Å². The third-order valence-corrected chi connectivity index (χ3v) is 6.77. The molecule has 6 nitrogen and oxygen atoms in total. The maximum atomic E-state index is 13.4. The van der Waals surface area contributed by atoms with E-state index in [1.165, 1.54) is 11.8 Å². The Labute approximate surface area is 197 Å². The average molecular weight is 462 g/mol. The number of fused-ring (bicyclic) bond motifs is 1. The first-order valence-electron chi connectivity index (χ1n) is 10.8. The Kier molecular flexibility index (Phi) is 6.81. The predicted octanol–water partition coefficient (Wildman–Crippen LogP) is 4.73. The molecule has 7 heteroatoms. The highest BCUT2D eigenvalue weighted by Gasteiger charge is 2.19. The maximum absolute atomic E-state index is 13.4. The summed E-state index contributed by atoms with van der Waals surface area (Å²) in [5.41, 5.74) is 4.88. The number of carbonyl (C=O) groups is 1. The van der Waals surface area contributed by atoms with Gasteiger partial charge in [0.15, 0.2) is 10.9 Å². The van der Waals surface area contributed by atoms with Crippen molar-refractivity contribution in [2.24, 2.45) is 0 Å². The Morgan fingerprint density at radius 3 is 2.55 bits per heavy atom. The summed E-state index contributed by atoms with van der Waals surface area (Å²) in [6.45, 7) is 7.20. The van der Waals surface area contributed by atoms with Crippen LogP contribution in [-0.2, 0) is 11.3 Å². The van der Waals surface area contributed by atoms with Crippen molar-refractivity contribution in [3.63, 3.8) is 0 Å². The van der Waals surface area contributed by atoms with Crippen molar-refractivity contribution in [3.8, 4) is 5.69 Å². The van der Waals surface area contributed by atoms with Crippen molar-refractivity contribution in [2.45, 2.75) is 32.5 Å². The first-order valence-corrected chi connectivity index (χ1v) is 11.8. The second kappa shape index (κ2) is 9.77. The van der Waals surface area contributed by atoms with E-state index in [0.717, 1.165) is 22.6 Å². The maximum Gasteiger partial charge on any atom is 0.266 e. The van der Waals surface area contributed by atoms with Crippen LogP contribution >= 0.6 is 11.8 Å². The number of carbonyl (C=O) groups excluding carboxylic acids is 1. The van der Waals surface area contributed by atoms with Crippen molar-refractivity contribution in [1.29, 1.82) is 0 Å². The summed E-state index contributed by atoms with van der Waals surface area (Å²) in [5, 5.41) is 1.06. The zero-order valence-corrected chi connectivity index (χ0v) is 20.1. The molecule has 0 aliphatic carbocycles. The van der Waals surface area contributed by atoms with Crippen LogP contribution in [0.2, 0.25) is 0 Å². The molecule has 0 unspecified atom stereocenters. The van der Waals surface area contributed by atoms with Gasteiger partial charge in [-0.3, -0.25) is 14.2 Å². The van der Waals surface area contributed by atoms with Crippen LogP contribution in [0.25, 0.3) is 16.6 Å². The number of ether oxygens (including phenoxy) is 1. The van der Waals surface area contributed by atoms with E-state index < -0.39 is 0 Å². The van der Waals surface area contributed by atoms with Crippen LogP contribution < -0.4 is 5.56 Å². The quantitative estimate of drug-likeness (QED) is 0.216. The largest absolute Gasteiger partial charge is 0.383 e. The number of aryl methyl sites for hydroxylation is 2. The van der Waals surface area contributed by atoms with Gasteiger partial charge in [-0.2, -0.15) is 0 Å². The van der Waals surface area contributed by atoms with Gasteiger partial charge in [0.1, 0.15) is 0 Å². The molecule has 4 rings (SSSR count). The molecule has 170 valence electrons. The molecule has 0 aliphatic rings. The third-order valence-electron chi connectivity index (χ3n) is 5.83. The number of rotatable bonds is 8. The monoisotopic (exact) mass is 461 g/mol. The fraction of sp³-hybridized carbons (Fsp3) is 0.269. The fourth-order valence-corrected chi connectivity index (χ4v) is 4.94. The molecule has 0 radical (unpaired) electrons. The molecule has 0 fully saturated rings. The summed E-state index contributed by atoms with van der Waals surface area (Å²) in [4.78, 5) is 31.3. The standard InChI is InChI=1S/C26H27N3O3S/c1-17-9-5-8-12-23(17)29-25(31)20-10-6-7-11-22(20)27-26(29)33-16-24(30)21-15-18(2)28(19(21)3)13-14-32-4/h5-12,15H,13-14,16H2,1-4H3. The third kappa shape index (κ3) is 4.51. The molecule has 0 bridgehead atoms. The Morgan fingerprint density at radius 1 is 1.06 bits per heavy atom. The highest BCUT2D eigenvalue weighted by molar-refractivity contribution is 7.99. The predicted molar refractivity (Wildman–Crippen MR) is 133 cm³/mol. The highest BCUT2D eigenvalue weighted by atomic mass is 32.2. The minimum Gasteiger partial charge on any atom is -0.383 e. The van der Waals surface area contributed by atoms with Crippen molar-refractivity contribution >= 4 is 28.4 Å². The lowest BCUT2D eigenvalue weighted by Crippen LogP contribution is -2.23. The number of methoxy groups -OCH3 is 1. The lowest BCUT2D eigenvalue weighted by atomic mass is 10.2. The van der Waals surface area contributed by atoms with Crippen LogP contribution in [0.4, 0.5) is 0 Å². The van der Waals surface area contributed by atoms with Crippen LogP contribution in [0.5, 0.6) is 0 Å². The van der Waals surface area contributed by atoms with E-state index in [9.17, 15) is 9.59 Å². The summed E-state index contributed by atoms with van der Waals surface area (Å²) < 4.78 is 8.91. The highest BCUT2D eigenvalue weighted by Crippen LogP contribution is 2.25. The van der Waals surface area contributed by atoms with Crippen LogP contribution in [0.3, 0.4) is 0 Å². The Bertz CT molecular complexity index is 1390. The number of nitrogens with zero attached hydrogens (tertiary/aromatic N) is 3. The zero-order valence-electron chi connectivity index (χ0n) is 19.3. The molecule has 0 saturated heterocycles. The van der Waals surface area contributed by atoms with Gasteiger partial charge in [0.05, 0.1) is 29.0 Å². The topological polar surface area (TPSA) is 66.1 Å². The molecule has 0 atom stereocenters. The number of para-hydroxylation sites is 2. The normalized spacial score (nSPS) is 11.3. The van der Waals surface area contributed by atoms with Gasteiger partial charge in [-0.15, -0.1) is 0 Å². The number of benzene rings is 2. The molecule has 0 amide bonds. The second-order valence-electron chi connectivity index (χ2n) is 7.98. The summed E-state index contributed by atoms with van der Waals surface area (Å²) >= 11 is 1.29. The minimum absolute atomic E-state index is 0.00973. The smallest absolute Gasteiger partial charge is 0.266 e. The number of aromatic nitrogens is 3. The molecule has 0 spiro atoms. The van der Waals surface area contributed by atoms with Gasteiger partial charge in [-0.1, -0.05) is 42.1 Å². The van der Waals surface area contributed by atoms with E-state index in [2.05, 4.69) is 4.57 Å². The summed E-state index contributed by atoms with van der Waals surface area (Å²) in [5.74, 6) is 0.195. The Morgan fingerprint density at radius 2 is 1.79 bits per heavy atom. The molecule has 33 heavy (non-hydrogen) atoms.